The van der Waals surface area contributed by atoms with E-state index in [1.54, 1.807) is 6.92 Å². The highest BCUT2D eigenvalue weighted by Gasteiger charge is 2.44. The number of aliphatic hydroxyl groups excluding tert-OH is 6. The van der Waals surface area contributed by atoms with Gasteiger partial charge in [-0.05, 0) is 12.8 Å². The highest BCUT2D eigenvalue weighted by Crippen LogP contribution is 2.25. The average Bonchev–Trinajstić information content (AvgIpc) is 3.10. The van der Waals surface area contributed by atoms with Gasteiger partial charge in [-0.1, -0.05) is 161 Å². The number of amides is 1. The Morgan fingerprint density at radius 1 is 0.700 bits per heavy atom. The summed E-state index contributed by atoms with van der Waals surface area (Å²) >= 11 is 0. The van der Waals surface area contributed by atoms with E-state index in [1.165, 1.54) is 121 Å². The average molecular weight is 734 g/mol. The second-order valence-electron chi connectivity index (χ2n) is 15.8. The molecule has 8 atom stereocenters. The number of nitrogens with one attached hydrogen (secondary N) is 1. The van der Waals surface area contributed by atoms with E-state index in [2.05, 4.69) is 25.3 Å². The standard InChI is InChI=1S/C39H79NO9Si/c1-5-7-8-9-10-11-12-13-14-15-16-17-18-19-21-24-27-50(3,4)28-25-22-20-23-26-34(43)40-31(35(44)32(42)6-2)30-48-39-38(47)37(46)36(45)33(29-41)49-39/h31-33,35-39,41-42,44-47H,5-30H2,1-4H3,(H,40,43)/t31-,32+,33?,35-,36?,37?,38?,39?/m0/s1. The molecule has 0 saturated carbocycles. The topological polar surface area (TPSA) is 169 Å². The van der Waals surface area contributed by atoms with E-state index in [-0.39, 0.29) is 25.4 Å². The maximum atomic E-state index is 12.8. The van der Waals surface area contributed by atoms with Crippen LogP contribution in [-0.4, -0.2) is 107 Å². The molecule has 1 amide bonds. The first-order chi connectivity index (χ1) is 24.0. The molecule has 7 N–H and O–H groups in total. The lowest BCUT2D eigenvalue weighted by Crippen LogP contribution is -2.60. The van der Waals surface area contributed by atoms with Crippen LogP contribution in [0.3, 0.4) is 0 Å². The van der Waals surface area contributed by atoms with Crippen molar-refractivity contribution in [3.05, 3.63) is 0 Å². The van der Waals surface area contributed by atoms with Crippen molar-refractivity contribution >= 4 is 14.0 Å². The van der Waals surface area contributed by atoms with Gasteiger partial charge in [0.1, 0.15) is 30.5 Å². The zero-order valence-corrected chi connectivity index (χ0v) is 33.4. The van der Waals surface area contributed by atoms with Crippen molar-refractivity contribution < 1.29 is 44.9 Å². The van der Waals surface area contributed by atoms with Crippen molar-refractivity contribution in [3.63, 3.8) is 0 Å². The second kappa shape index (κ2) is 28.8. The number of rotatable bonds is 32. The Labute approximate surface area is 306 Å². The fourth-order valence-corrected chi connectivity index (χ4v) is 9.60. The molecule has 11 heteroatoms. The Hall–Kier alpha value is -0.633. The van der Waals surface area contributed by atoms with Crippen LogP contribution in [0.1, 0.15) is 155 Å². The lowest BCUT2D eigenvalue weighted by molar-refractivity contribution is -0.303. The van der Waals surface area contributed by atoms with E-state index in [0.717, 1.165) is 19.3 Å². The summed E-state index contributed by atoms with van der Waals surface area (Å²) in [6, 6.07) is 1.73. The molecular formula is C39H79NO9Si. The van der Waals surface area contributed by atoms with Crippen LogP contribution in [0, 0.1) is 0 Å². The molecule has 0 aromatic carbocycles. The van der Waals surface area contributed by atoms with Crippen LogP contribution in [-0.2, 0) is 14.3 Å². The van der Waals surface area contributed by atoms with Crippen LogP contribution in [0.15, 0.2) is 0 Å². The van der Waals surface area contributed by atoms with Gasteiger partial charge in [0.2, 0.25) is 5.91 Å². The van der Waals surface area contributed by atoms with Crippen molar-refractivity contribution in [3.8, 4) is 0 Å². The number of unbranched alkanes of at least 4 members (excludes halogenated alkanes) is 18. The number of hydrogen-bond acceptors (Lipinski definition) is 9. The maximum Gasteiger partial charge on any atom is 0.220 e. The number of aliphatic hydroxyl groups is 6. The van der Waals surface area contributed by atoms with Crippen LogP contribution >= 0.6 is 0 Å². The molecule has 1 aliphatic heterocycles. The molecule has 5 unspecified atom stereocenters. The summed E-state index contributed by atoms with van der Waals surface area (Å²) in [6.45, 7) is 8.09. The minimum absolute atomic E-state index is 0.257. The highest BCUT2D eigenvalue weighted by atomic mass is 28.3. The summed E-state index contributed by atoms with van der Waals surface area (Å²) in [6.07, 6.45) is 17.2. The second-order valence-corrected chi connectivity index (χ2v) is 21.1. The van der Waals surface area contributed by atoms with Gasteiger partial charge in [0.05, 0.1) is 25.4 Å². The Kier molecular flexibility index (Phi) is 27.3. The molecule has 0 radical (unpaired) electrons. The van der Waals surface area contributed by atoms with Crippen LogP contribution in [0.25, 0.3) is 0 Å². The predicted molar refractivity (Wildman–Crippen MR) is 204 cm³/mol. The Morgan fingerprint density at radius 2 is 1.16 bits per heavy atom. The van der Waals surface area contributed by atoms with Gasteiger partial charge in [0.25, 0.3) is 0 Å². The summed E-state index contributed by atoms with van der Waals surface area (Å²) in [7, 11) is -1.20. The molecule has 0 aromatic heterocycles. The molecule has 1 rings (SSSR count). The largest absolute Gasteiger partial charge is 0.394 e. The van der Waals surface area contributed by atoms with Crippen molar-refractivity contribution in [2.75, 3.05) is 13.2 Å². The Balaban J connectivity index is 2.18. The first-order valence-corrected chi connectivity index (χ1v) is 24.0. The molecule has 10 nitrogen and oxygen atoms in total. The van der Waals surface area contributed by atoms with E-state index < -0.39 is 63.6 Å². The van der Waals surface area contributed by atoms with Crippen LogP contribution < -0.4 is 5.32 Å². The van der Waals surface area contributed by atoms with Crippen LogP contribution in [0.5, 0.6) is 0 Å². The third-order valence-electron chi connectivity index (χ3n) is 10.6. The van der Waals surface area contributed by atoms with Gasteiger partial charge in [-0.25, -0.2) is 0 Å². The molecular weight excluding hydrogens is 655 g/mol. The molecule has 1 aliphatic rings. The van der Waals surface area contributed by atoms with Gasteiger partial charge in [0, 0.05) is 14.5 Å². The molecule has 1 saturated heterocycles. The van der Waals surface area contributed by atoms with Gasteiger partial charge in [-0.2, -0.15) is 0 Å². The SMILES string of the molecule is CCCCCCCCCCCCCCCCCC[Si](C)(C)CCCCCCC(=O)N[C@@H](COC1OC(CO)C(O)C(O)C1O)[C@H](O)[C@H](O)CC. The molecule has 0 bridgehead atoms. The van der Waals surface area contributed by atoms with Crippen molar-refractivity contribution in [1.29, 1.82) is 0 Å². The van der Waals surface area contributed by atoms with Gasteiger partial charge in [0.15, 0.2) is 6.29 Å². The third-order valence-corrected chi connectivity index (χ3v) is 14.0. The summed E-state index contributed by atoms with van der Waals surface area (Å²) in [5, 5.41) is 63.3. The molecule has 298 valence electrons. The molecule has 1 heterocycles. The normalized spacial score (nSPS) is 23.1. The van der Waals surface area contributed by atoms with Crippen molar-refractivity contribution in [1.82, 2.24) is 5.32 Å². The first kappa shape index (κ1) is 47.4. The highest BCUT2D eigenvalue weighted by molar-refractivity contribution is 6.77. The van der Waals surface area contributed by atoms with Gasteiger partial charge >= 0.3 is 0 Å². The van der Waals surface area contributed by atoms with Crippen LogP contribution in [0.2, 0.25) is 25.2 Å². The summed E-state index contributed by atoms with van der Waals surface area (Å²) in [5.41, 5.74) is 0. The van der Waals surface area contributed by atoms with Gasteiger partial charge in [-0.3, -0.25) is 4.79 Å². The smallest absolute Gasteiger partial charge is 0.220 e. The van der Waals surface area contributed by atoms with E-state index in [9.17, 15) is 35.4 Å². The minimum atomic E-state index is -1.60. The number of hydrogen-bond donors (Lipinski definition) is 7. The fraction of sp³-hybridized carbons (Fsp3) is 0.974. The molecule has 0 aromatic rings. The first-order valence-electron chi connectivity index (χ1n) is 20.5. The van der Waals surface area contributed by atoms with E-state index >= 15 is 0 Å². The molecule has 1 fully saturated rings. The van der Waals surface area contributed by atoms with E-state index in [1.807, 2.05) is 0 Å². The van der Waals surface area contributed by atoms with Crippen molar-refractivity contribution in [2.45, 2.75) is 229 Å². The monoisotopic (exact) mass is 734 g/mol. The van der Waals surface area contributed by atoms with Gasteiger partial charge in [-0.15, -0.1) is 0 Å². The van der Waals surface area contributed by atoms with Gasteiger partial charge < -0.3 is 45.4 Å². The zero-order valence-electron chi connectivity index (χ0n) is 32.4. The lowest BCUT2D eigenvalue weighted by atomic mass is 9.99. The van der Waals surface area contributed by atoms with Crippen molar-refractivity contribution in [2.24, 2.45) is 0 Å². The summed E-state index contributed by atoms with van der Waals surface area (Å²) in [5.74, 6) is -0.270. The van der Waals surface area contributed by atoms with Crippen LogP contribution in [0.4, 0.5) is 0 Å². The summed E-state index contributed by atoms with van der Waals surface area (Å²) < 4.78 is 10.9. The summed E-state index contributed by atoms with van der Waals surface area (Å²) in [4.78, 5) is 12.8. The third kappa shape index (κ3) is 21.2. The van der Waals surface area contributed by atoms with E-state index in [4.69, 9.17) is 9.47 Å². The van der Waals surface area contributed by atoms with E-state index in [0.29, 0.717) is 0 Å². The zero-order chi connectivity index (χ0) is 37.2. The number of carbonyl (C=O) groups is 1. The fourth-order valence-electron chi connectivity index (χ4n) is 6.94. The minimum Gasteiger partial charge on any atom is -0.394 e. The number of ether oxygens (including phenoxy) is 2. The predicted octanol–water partition coefficient (Wildman–Crippen LogP) is 6.34. The lowest BCUT2D eigenvalue weighted by Gasteiger charge is -2.40. The Morgan fingerprint density at radius 3 is 1.62 bits per heavy atom. The molecule has 50 heavy (non-hydrogen) atoms. The number of carbonyl (C=O) groups excluding carboxylic acids is 1. The molecule has 0 aliphatic carbocycles. The molecule has 0 spiro atoms. The maximum absolute atomic E-state index is 12.8. The quantitative estimate of drug-likeness (QED) is 0.0308. The Bertz CT molecular complexity index is 820.